The van der Waals surface area contributed by atoms with Crippen molar-refractivity contribution >= 4 is 23.5 Å². The van der Waals surface area contributed by atoms with Crippen molar-refractivity contribution < 1.29 is 14.3 Å². The molecule has 3 aliphatic rings. The Morgan fingerprint density at radius 1 is 1.55 bits per heavy atom. The summed E-state index contributed by atoms with van der Waals surface area (Å²) in [7, 11) is 1.44. The number of hydrogen-bond donors (Lipinski definition) is 1. The van der Waals surface area contributed by atoms with Crippen molar-refractivity contribution in [3.63, 3.8) is 0 Å². The highest BCUT2D eigenvalue weighted by molar-refractivity contribution is 8.01. The van der Waals surface area contributed by atoms with Gasteiger partial charge in [-0.3, -0.25) is 14.9 Å². The predicted octanol–water partition coefficient (Wildman–Crippen LogP) is 1.98. The average molecular weight is 297 g/mol. The Labute approximate surface area is 124 Å². The zero-order chi connectivity index (χ0) is 14.5. The van der Waals surface area contributed by atoms with Crippen LogP contribution in [0.5, 0.6) is 0 Å². The zero-order valence-corrected chi connectivity index (χ0v) is 13.2. The third kappa shape index (κ3) is 2.10. The van der Waals surface area contributed by atoms with Crippen LogP contribution in [0.25, 0.3) is 0 Å². The van der Waals surface area contributed by atoms with E-state index in [1.807, 2.05) is 11.8 Å². The summed E-state index contributed by atoms with van der Waals surface area (Å²) >= 11 is 2.00. The Morgan fingerprint density at radius 2 is 2.30 bits per heavy atom. The normalized spacial score (nSPS) is 43.6. The molecule has 2 heterocycles. The molecule has 0 amide bonds. The molecule has 5 unspecified atom stereocenters. The lowest BCUT2D eigenvalue weighted by molar-refractivity contribution is -0.141. The topological polar surface area (TPSA) is 65.3 Å². The maximum atomic E-state index is 11.7. The SMILES string of the molecule is COC(=O)CC(C)CC1(C)NC12SCC1CC(=O)CC12. The first kappa shape index (κ1) is 14.4. The highest BCUT2D eigenvalue weighted by Crippen LogP contribution is 2.65. The molecule has 0 aromatic heterocycles. The zero-order valence-electron chi connectivity index (χ0n) is 12.4. The molecule has 1 spiro atoms. The summed E-state index contributed by atoms with van der Waals surface area (Å²) in [5.41, 5.74) is 0.0646. The second-order valence-electron chi connectivity index (χ2n) is 6.91. The molecule has 1 saturated carbocycles. The number of esters is 1. The van der Waals surface area contributed by atoms with Crippen LogP contribution in [0.3, 0.4) is 0 Å². The number of fused-ring (bicyclic) bond motifs is 2. The predicted molar refractivity (Wildman–Crippen MR) is 78.4 cm³/mol. The van der Waals surface area contributed by atoms with Gasteiger partial charge < -0.3 is 4.74 Å². The molecular weight excluding hydrogens is 274 g/mol. The Morgan fingerprint density at radius 3 is 3.00 bits per heavy atom. The van der Waals surface area contributed by atoms with Gasteiger partial charge in [0.2, 0.25) is 0 Å². The van der Waals surface area contributed by atoms with E-state index in [1.165, 1.54) is 7.11 Å². The van der Waals surface area contributed by atoms with E-state index in [9.17, 15) is 9.59 Å². The number of hydrogen-bond acceptors (Lipinski definition) is 5. The van der Waals surface area contributed by atoms with E-state index in [2.05, 4.69) is 19.2 Å². The summed E-state index contributed by atoms with van der Waals surface area (Å²) in [5.74, 6) is 2.76. The van der Waals surface area contributed by atoms with Crippen molar-refractivity contribution in [3.05, 3.63) is 0 Å². The van der Waals surface area contributed by atoms with Crippen LogP contribution in [0.4, 0.5) is 0 Å². The number of Topliss-reactive ketones (excluding diaryl/α,β-unsaturated/α-hetero) is 1. The van der Waals surface area contributed by atoms with Crippen molar-refractivity contribution in [3.8, 4) is 0 Å². The first-order chi connectivity index (χ1) is 9.40. The van der Waals surface area contributed by atoms with Gasteiger partial charge in [-0.1, -0.05) is 6.92 Å². The number of ether oxygens (including phenoxy) is 1. The Bertz CT molecular complexity index is 454. The molecule has 0 aromatic rings. The molecular formula is C15H23NO3S. The summed E-state index contributed by atoms with van der Waals surface area (Å²) in [6, 6.07) is 0. The second kappa shape index (κ2) is 4.73. The molecule has 112 valence electrons. The summed E-state index contributed by atoms with van der Waals surface area (Å²) < 4.78 is 4.75. The lowest BCUT2D eigenvalue weighted by Crippen LogP contribution is -2.28. The fourth-order valence-corrected chi connectivity index (χ4v) is 6.36. The van der Waals surface area contributed by atoms with Gasteiger partial charge in [-0.25, -0.2) is 0 Å². The molecule has 5 atom stereocenters. The summed E-state index contributed by atoms with van der Waals surface area (Å²) in [6.45, 7) is 4.35. The van der Waals surface area contributed by atoms with Gasteiger partial charge in [-0.05, 0) is 36.9 Å². The molecule has 0 bridgehead atoms. The van der Waals surface area contributed by atoms with E-state index in [4.69, 9.17) is 4.74 Å². The first-order valence-electron chi connectivity index (χ1n) is 7.42. The van der Waals surface area contributed by atoms with Crippen LogP contribution >= 0.6 is 11.8 Å². The van der Waals surface area contributed by atoms with Gasteiger partial charge in [0, 0.05) is 24.8 Å². The van der Waals surface area contributed by atoms with Crippen molar-refractivity contribution in [2.45, 2.75) is 49.9 Å². The average Bonchev–Trinajstić information content (AvgIpc) is 2.66. The maximum absolute atomic E-state index is 11.7. The monoisotopic (exact) mass is 297 g/mol. The Hall–Kier alpha value is -0.550. The van der Waals surface area contributed by atoms with Gasteiger partial charge >= 0.3 is 5.97 Å². The van der Waals surface area contributed by atoms with Crippen LogP contribution in [0.1, 0.15) is 39.5 Å². The lowest BCUT2D eigenvalue weighted by Gasteiger charge is -2.22. The molecule has 3 rings (SSSR count). The van der Waals surface area contributed by atoms with Gasteiger partial charge in [-0.2, -0.15) is 0 Å². The summed E-state index contributed by atoms with van der Waals surface area (Å²) in [5, 5.41) is 3.69. The van der Waals surface area contributed by atoms with Crippen molar-refractivity contribution in [2.75, 3.05) is 12.9 Å². The van der Waals surface area contributed by atoms with E-state index < -0.39 is 0 Å². The van der Waals surface area contributed by atoms with Gasteiger partial charge in [0.1, 0.15) is 5.78 Å². The number of carbonyl (C=O) groups is 2. The third-order valence-corrected chi connectivity index (χ3v) is 7.18. The number of rotatable bonds is 4. The first-order valence-corrected chi connectivity index (χ1v) is 8.40. The fourth-order valence-electron chi connectivity index (χ4n) is 4.34. The highest BCUT2D eigenvalue weighted by atomic mass is 32.2. The quantitative estimate of drug-likeness (QED) is 0.635. The van der Waals surface area contributed by atoms with Crippen LogP contribution in [-0.2, 0) is 14.3 Å². The van der Waals surface area contributed by atoms with Crippen LogP contribution in [-0.4, -0.2) is 35.0 Å². The maximum Gasteiger partial charge on any atom is 0.305 e. The molecule has 2 saturated heterocycles. The van der Waals surface area contributed by atoms with Crippen LogP contribution in [0, 0.1) is 17.8 Å². The van der Waals surface area contributed by atoms with Gasteiger partial charge in [0.25, 0.3) is 0 Å². The minimum absolute atomic E-state index is 0.0646. The van der Waals surface area contributed by atoms with Crippen LogP contribution < -0.4 is 5.32 Å². The Kier molecular flexibility index (Phi) is 3.41. The van der Waals surface area contributed by atoms with Crippen molar-refractivity contribution in [1.82, 2.24) is 5.32 Å². The molecule has 2 aliphatic heterocycles. The smallest absolute Gasteiger partial charge is 0.305 e. The third-order valence-electron chi connectivity index (χ3n) is 5.27. The van der Waals surface area contributed by atoms with E-state index in [1.54, 1.807) is 0 Å². The molecule has 0 radical (unpaired) electrons. The number of nitrogens with one attached hydrogen (secondary N) is 1. The highest BCUT2D eigenvalue weighted by Gasteiger charge is 2.72. The van der Waals surface area contributed by atoms with Crippen molar-refractivity contribution in [1.29, 1.82) is 0 Å². The Balaban J connectivity index is 1.64. The molecule has 4 nitrogen and oxygen atoms in total. The van der Waals surface area contributed by atoms with Gasteiger partial charge in [0.05, 0.1) is 12.0 Å². The number of carbonyl (C=O) groups excluding carboxylic acids is 2. The molecule has 3 fully saturated rings. The standard InChI is InChI=1S/C15H23NO3S/c1-9(4-13(18)19-3)7-14(2)15(16-14)12-6-11(17)5-10(12)8-20-15/h9-10,12,16H,4-8H2,1-3H3. The fraction of sp³-hybridized carbons (Fsp3) is 0.867. The van der Waals surface area contributed by atoms with Crippen LogP contribution in [0.15, 0.2) is 0 Å². The number of ketones is 1. The van der Waals surface area contributed by atoms with Gasteiger partial charge in [0.15, 0.2) is 0 Å². The van der Waals surface area contributed by atoms with E-state index in [-0.39, 0.29) is 16.4 Å². The second-order valence-corrected chi connectivity index (χ2v) is 8.17. The molecule has 1 N–H and O–H groups in total. The summed E-state index contributed by atoms with van der Waals surface area (Å²) in [4.78, 5) is 23.2. The molecule has 20 heavy (non-hydrogen) atoms. The summed E-state index contributed by atoms with van der Waals surface area (Å²) in [6.07, 6.45) is 2.95. The number of methoxy groups -OCH3 is 1. The molecule has 5 heteroatoms. The minimum atomic E-state index is -0.135. The largest absolute Gasteiger partial charge is 0.469 e. The molecule has 1 aliphatic carbocycles. The van der Waals surface area contributed by atoms with Gasteiger partial charge in [-0.15, -0.1) is 11.8 Å². The minimum Gasteiger partial charge on any atom is -0.469 e. The van der Waals surface area contributed by atoms with E-state index in [0.717, 1.165) is 25.0 Å². The van der Waals surface area contributed by atoms with E-state index >= 15 is 0 Å². The lowest BCUT2D eigenvalue weighted by atomic mass is 9.83. The van der Waals surface area contributed by atoms with E-state index in [0.29, 0.717) is 30.0 Å². The number of thioether (sulfide) groups is 1. The molecule has 0 aromatic carbocycles. The van der Waals surface area contributed by atoms with Crippen molar-refractivity contribution in [2.24, 2.45) is 17.8 Å². The van der Waals surface area contributed by atoms with Crippen LogP contribution in [0.2, 0.25) is 0 Å².